The second kappa shape index (κ2) is 3.70. The van der Waals surface area contributed by atoms with Crippen LogP contribution in [-0.2, 0) is 4.79 Å². The van der Waals surface area contributed by atoms with Gasteiger partial charge < -0.3 is 15.4 Å². The molecule has 1 aromatic rings. The molecule has 4 nitrogen and oxygen atoms in total. The van der Waals surface area contributed by atoms with Crippen molar-refractivity contribution in [2.24, 2.45) is 0 Å². The van der Waals surface area contributed by atoms with Crippen LogP contribution in [0.5, 0.6) is 5.75 Å². The van der Waals surface area contributed by atoms with Crippen LogP contribution in [0.3, 0.4) is 0 Å². The Morgan fingerprint density at radius 3 is 2.81 bits per heavy atom. The van der Waals surface area contributed by atoms with E-state index in [-0.39, 0.29) is 5.91 Å². The van der Waals surface area contributed by atoms with Crippen molar-refractivity contribution in [1.29, 1.82) is 0 Å². The number of hydrogen-bond donors (Lipinski definition) is 1. The van der Waals surface area contributed by atoms with Crippen molar-refractivity contribution in [3.63, 3.8) is 0 Å². The van der Waals surface area contributed by atoms with Crippen molar-refractivity contribution in [2.45, 2.75) is 20.3 Å². The number of nitrogen functional groups attached to an aromatic ring is 1. The van der Waals surface area contributed by atoms with E-state index in [4.69, 9.17) is 10.5 Å². The molecule has 1 aliphatic heterocycles. The standard InChI is InChI=1S/C12H16N2O2/c1-7-6-9-12(8(2)11(7)13)14(3)10(15)4-5-16-9/h6H,4-5,13H2,1-3H3. The molecule has 0 radical (unpaired) electrons. The fourth-order valence-electron chi connectivity index (χ4n) is 2.02. The molecule has 0 fully saturated rings. The number of nitrogens with two attached hydrogens (primary N) is 1. The first-order valence-electron chi connectivity index (χ1n) is 5.31. The van der Waals surface area contributed by atoms with Crippen LogP contribution in [-0.4, -0.2) is 19.6 Å². The molecule has 0 saturated carbocycles. The summed E-state index contributed by atoms with van der Waals surface area (Å²) in [6.45, 7) is 4.29. The van der Waals surface area contributed by atoms with Gasteiger partial charge in [0, 0.05) is 12.7 Å². The number of fused-ring (bicyclic) bond motifs is 1. The van der Waals surface area contributed by atoms with Gasteiger partial charge >= 0.3 is 0 Å². The monoisotopic (exact) mass is 220 g/mol. The molecule has 4 heteroatoms. The number of anilines is 2. The predicted molar refractivity (Wildman–Crippen MR) is 63.9 cm³/mol. The molecule has 86 valence electrons. The van der Waals surface area contributed by atoms with Crippen molar-refractivity contribution in [2.75, 3.05) is 24.3 Å². The summed E-state index contributed by atoms with van der Waals surface area (Å²) in [5.41, 5.74) is 9.39. The summed E-state index contributed by atoms with van der Waals surface area (Å²) < 4.78 is 5.59. The lowest BCUT2D eigenvalue weighted by atomic mass is 10.1. The number of carbonyl (C=O) groups excluding carboxylic acids is 1. The van der Waals surface area contributed by atoms with Crippen LogP contribution in [0.15, 0.2) is 6.07 Å². The lowest BCUT2D eigenvalue weighted by Crippen LogP contribution is -2.26. The number of aryl methyl sites for hydroxylation is 1. The smallest absolute Gasteiger partial charge is 0.230 e. The van der Waals surface area contributed by atoms with Crippen LogP contribution < -0.4 is 15.4 Å². The Labute approximate surface area is 95.0 Å². The van der Waals surface area contributed by atoms with Crippen molar-refractivity contribution < 1.29 is 9.53 Å². The van der Waals surface area contributed by atoms with Gasteiger partial charge in [-0.05, 0) is 31.0 Å². The van der Waals surface area contributed by atoms with E-state index < -0.39 is 0 Å². The molecule has 1 amide bonds. The van der Waals surface area contributed by atoms with Gasteiger partial charge in [0.2, 0.25) is 5.91 Å². The average molecular weight is 220 g/mol. The van der Waals surface area contributed by atoms with E-state index >= 15 is 0 Å². The third kappa shape index (κ3) is 1.50. The second-order valence-corrected chi connectivity index (χ2v) is 4.13. The van der Waals surface area contributed by atoms with Gasteiger partial charge in [0.05, 0.1) is 18.7 Å². The zero-order valence-electron chi connectivity index (χ0n) is 9.83. The summed E-state index contributed by atoms with van der Waals surface area (Å²) in [5, 5.41) is 0. The Morgan fingerprint density at radius 2 is 2.12 bits per heavy atom. The third-order valence-corrected chi connectivity index (χ3v) is 3.05. The molecule has 0 saturated heterocycles. The topological polar surface area (TPSA) is 55.6 Å². The second-order valence-electron chi connectivity index (χ2n) is 4.13. The van der Waals surface area contributed by atoms with Gasteiger partial charge in [-0.25, -0.2) is 0 Å². The highest BCUT2D eigenvalue weighted by molar-refractivity contribution is 5.97. The summed E-state index contributed by atoms with van der Waals surface area (Å²) in [6.07, 6.45) is 0.406. The molecule has 1 heterocycles. The minimum absolute atomic E-state index is 0.0603. The highest BCUT2D eigenvalue weighted by Crippen LogP contribution is 2.38. The first kappa shape index (κ1) is 10.8. The Bertz CT molecular complexity index is 455. The molecular formula is C12H16N2O2. The number of amides is 1. The fraction of sp³-hybridized carbons (Fsp3) is 0.417. The molecule has 0 bridgehead atoms. The molecule has 0 aromatic heterocycles. The van der Waals surface area contributed by atoms with Crippen LogP contribution in [0.1, 0.15) is 17.5 Å². The quantitative estimate of drug-likeness (QED) is 0.676. The van der Waals surface area contributed by atoms with Gasteiger partial charge in [0.15, 0.2) is 0 Å². The first-order valence-corrected chi connectivity index (χ1v) is 5.31. The zero-order chi connectivity index (χ0) is 11.9. The van der Waals surface area contributed by atoms with E-state index in [0.29, 0.717) is 13.0 Å². The molecule has 2 N–H and O–H groups in total. The van der Waals surface area contributed by atoms with E-state index in [9.17, 15) is 4.79 Å². The van der Waals surface area contributed by atoms with Crippen molar-refractivity contribution in [3.05, 3.63) is 17.2 Å². The maximum atomic E-state index is 11.7. The first-order chi connectivity index (χ1) is 7.52. The lowest BCUT2D eigenvalue weighted by Gasteiger charge is -2.21. The Morgan fingerprint density at radius 1 is 1.44 bits per heavy atom. The zero-order valence-corrected chi connectivity index (χ0v) is 9.83. The van der Waals surface area contributed by atoms with E-state index in [1.54, 1.807) is 11.9 Å². The van der Waals surface area contributed by atoms with Gasteiger partial charge in [-0.2, -0.15) is 0 Å². The SMILES string of the molecule is Cc1cc2c(c(C)c1N)N(C)C(=O)CCO2. The van der Waals surface area contributed by atoms with E-state index in [1.165, 1.54) is 0 Å². The van der Waals surface area contributed by atoms with Gasteiger partial charge in [-0.1, -0.05) is 0 Å². The van der Waals surface area contributed by atoms with Crippen LogP contribution >= 0.6 is 0 Å². The Kier molecular flexibility index (Phi) is 2.50. The van der Waals surface area contributed by atoms with E-state index in [0.717, 1.165) is 28.3 Å². The summed E-state index contributed by atoms with van der Waals surface area (Å²) in [4.78, 5) is 13.4. The molecular weight excluding hydrogens is 204 g/mol. The van der Waals surface area contributed by atoms with E-state index in [2.05, 4.69) is 0 Å². The van der Waals surface area contributed by atoms with Gasteiger partial charge in [-0.15, -0.1) is 0 Å². The summed E-state index contributed by atoms with van der Waals surface area (Å²) in [5.74, 6) is 0.808. The van der Waals surface area contributed by atoms with Crippen molar-refractivity contribution in [3.8, 4) is 5.75 Å². The molecule has 16 heavy (non-hydrogen) atoms. The number of ether oxygens (including phenoxy) is 1. The number of rotatable bonds is 0. The summed E-state index contributed by atoms with van der Waals surface area (Å²) >= 11 is 0. The van der Waals surface area contributed by atoms with Gasteiger partial charge in [0.25, 0.3) is 0 Å². The molecule has 0 aliphatic carbocycles. The molecule has 0 unspecified atom stereocenters. The van der Waals surface area contributed by atoms with Gasteiger partial charge in [0.1, 0.15) is 5.75 Å². The number of hydrogen-bond acceptors (Lipinski definition) is 3. The molecule has 1 aliphatic rings. The molecule has 0 spiro atoms. The number of nitrogens with zero attached hydrogens (tertiary/aromatic N) is 1. The normalized spacial score (nSPS) is 15.4. The summed E-state index contributed by atoms with van der Waals surface area (Å²) in [7, 11) is 1.76. The van der Waals surface area contributed by atoms with Crippen LogP contribution in [0.25, 0.3) is 0 Å². The predicted octanol–water partition coefficient (Wildman–Crippen LogP) is 1.63. The number of benzene rings is 1. The Hall–Kier alpha value is -1.71. The highest BCUT2D eigenvalue weighted by Gasteiger charge is 2.23. The minimum Gasteiger partial charge on any atom is -0.491 e. The summed E-state index contributed by atoms with van der Waals surface area (Å²) in [6, 6.07) is 1.90. The van der Waals surface area contributed by atoms with Crippen molar-refractivity contribution >= 4 is 17.3 Å². The van der Waals surface area contributed by atoms with E-state index in [1.807, 2.05) is 19.9 Å². The maximum Gasteiger partial charge on any atom is 0.230 e. The average Bonchev–Trinajstić information content (AvgIpc) is 2.37. The molecule has 0 atom stereocenters. The lowest BCUT2D eigenvalue weighted by molar-refractivity contribution is -0.118. The van der Waals surface area contributed by atoms with Crippen molar-refractivity contribution in [1.82, 2.24) is 0 Å². The van der Waals surface area contributed by atoms with Crippen LogP contribution in [0.4, 0.5) is 11.4 Å². The van der Waals surface area contributed by atoms with Crippen LogP contribution in [0, 0.1) is 13.8 Å². The minimum atomic E-state index is 0.0603. The fourth-order valence-corrected chi connectivity index (χ4v) is 2.02. The molecule has 1 aromatic carbocycles. The van der Waals surface area contributed by atoms with Crippen LogP contribution in [0.2, 0.25) is 0 Å². The third-order valence-electron chi connectivity index (χ3n) is 3.05. The maximum absolute atomic E-state index is 11.7. The highest BCUT2D eigenvalue weighted by atomic mass is 16.5. The largest absolute Gasteiger partial charge is 0.491 e. The van der Waals surface area contributed by atoms with Gasteiger partial charge in [-0.3, -0.25) is 4.79 Å². The molecule has 2 rings (SSSR count). The Balaban J connectivity index is 2.66. The number of carbonyl (C=O) groups is 1.